The van der Waals surface area contributed by atoms with Crippen LogP contribution in [0, 0.1) is 0 Å². The molecule has 0 saturated carbocycles. The van der Waals surface area contributed by atoms with Crippen LogP contribution >= 0.6 is 0 Å². The molecule has 0 spiro atoms. The van der Waals surface area contributed by atoms with Crippen molar-refractivity contribution in [2.24, 2.45) is 0 Å². The first-order valence-corrected chi connectivity index (χ1v) is 11.7. The standard InChI is InChI=1S/C19H27NOSi/c1-6-20(7-2)19(21)18-10-8-9-15-11-12-17(22(3,4)5)14-16(18)13-15/h8-12,14H,6-7,13H2,1-5H3. The minimum atomic E-state index is -1.41. The van der Waals surface area contributed by atoms with Gasteiger partial charge in [0.25, 0.3) is 5.91 Å². The van der Waals surface area contributed by atoms with Gasteiger partial charge in [-0.25, -0.2) is 0 Å². The highest BCUT2D eigenvalue weighted by Crippen LogP contribution is 2.31. The molecule has 0 radical (unpaired) electrons. The Morgan fingerprint density at radius 2 is 1.82 bits per heavy atom. The molecule has 2 bridgehead atoms. The molecule has 0 aliphatic heterocycles. The van der Waals surface area contributed by atoms with Gasteiger partial charge in [0.1, 0.15) is 0 Å². The Labute approximate surface area is 135 Å². The van der Waals surface area contributed by atoms with E-state index in [9.17, 15) is 4.79 Å². The predicted molar refractivity (Wildman–Crippen MR) is 97.4 cm³/mol. The highest BCUT2D eigenvalue weighted by atomic mass is 28.3. The van der Waals surface area contributed by atoms with Crippen LogP contribution in [0.4, 0.5) is 0 Å². The smallest absolute Gasteiger partial charge is 0.254 e. The number of allylic oxidation sites excluding steroid dienone is 8. The summed E-state index contributed by atoms with van der Waals surface area (Å²) in [5.74, 6) is 0.152. The Kier molecular flexibility index (Phi) is 5.07. The molecule has 0 aromatic carbocycles. The summed E-state index contributed by atoms with van der Waals surface area (Å²) in [6, 6.07) is 0. The largest absolute Gasteiger partial charge is 0.339 e. The van der Waals surface area contributed by atoms with Crippen LogP contribution in [0.3, 0.4) is 0 Å². The number of nitrogens with zero attached hydrogens (tertiary/aromatic N) is 1. The van der Waals surface area contributed by atoms with Crippen molar-refractivity contribution in [3.63, 3.8) is 0 Å². The van der Waals surface area contributed by atoms with Crippen LogP contribution in [0.5, 0.6) is 0 Å². The third-order valence-electron chi connectivity index (χ3n) is 4.27. The third kappa shape index (κ3) is 3.58. The van der Waals surface area contributed by atoms with E-state index in [1.54, 1.807) is 0 Å². The van der Waals surface area contributed by atoms with Gasteiger partial charge in [-0.1, -0.05) is 55.2 Å². The molecule has 1 amide bonds. The van der Waals surface area contributed by atoms with Crippen LogP contribution in [0.1, 0.15) is 20.3 Å². The van der Waals surface area contributed by atoms with E-state index in [0.29, 0.717) is 0 Å². The van der Waals surface area contributed by atoms with Gasteiger partial charge in [-0.15, -0.1) is 0 Å². The van der Waals surface area contributed by atoms with Crippen molar-refractivity contribution in [1.82, 2.24) is 4.90 Å². The Morgan fingerprint density at radius 3 is 2.41 bits per heavy atom. The van der Waals surface area contributed by atoms with Crippen LogP contribution < -0.4 is 0 Å². The second-order valence-corrected chi connectivity index (χ2v) is 12.0. The zero-order chi connectivity index (χ0) is 16.3. The molecule has 0 heterocycles. The minimum absolute atomic E-state index is 0.152. The molecule has 118 valence electrons. The molecular formula is C19H27NOSi. The maximum absolute atomic E-state index is 12.8. The third-order valence-corrected chi connectivity index (χ3v) is 6.31. The second-order valence-electron chi connectivity index (χ2n) is 6.88. The van der Waals surface area contributed by atoms with Crippen LogP contribution in [0.25, 0.3) is 0 Å². The fraction of sp³-hybridized carbons (Fsp3) is 0.421. The molecule has 0 aromatic heterocycles. The summed E-state index contributed by atoms with van der Waals surface area (Å²) in [5.41, 5.74) is 3.30. The van der Waals surface area contributed by atoms with Gasteiger partial charge in [0.05, 0.1) is 8.07 Å². The zero-order valence-electron chi connectivity index (χ0n) is 14.4. The van der Waals surface area contributed by atoms with E-state index in [0.717, 1.165) is 25.1 Å². The quantitative estimate of drug-likeness (QED) is 0.704. The van der Waals surface area contributed by atoms with E-state index in [1.165, 1.54) is 16.3 Å². The Hall–Kier alpha value is -1.61. The number of rotatable bonds is 4. The molecule has 0 saturated heterocycles. The summed E-state index contributed by atoms with van der Waals surface area (Å²) in [6.07, 6.45) is 13.7. The molecule has 3 heteroatoms. The molecule has 2 aliphatic carbocycles. The SMILES string of the molecule is CCN(CC)C(=O)C1=CC=CC2=CC=C([Si](C)(C)C)C=C1C2. The number of hydrogen-bond donors (Lipinski definition) is 0. The maximum atomic E-state index is 12.8. The van der Waals surface area contributed by atoms with Crippen LogP contribution in [0.15, 0.2) is 58.4 Å². The van der Waals surface area contributed by atoms with Crippen LogP contribution in [0.2, 0.25) is 19.6 Å². The molecule has 22 heavy (non-hydrogen) atoms. The van der Waals surface area contributed by atoms with Crippen molar-refractivity contribution < 1.29 is 4.79 Å². The van der Waals surface area contributed by atoms with Gasteiger partial charge in [-0.3, -0.25) is 4.79 Å². The van der Waals surface area contributed by atoms with E-state index in [4.69, 9.17) is 0 Å². The average molecular weight is 314 g/mol. The van der Waals surface area contributed by atoms with E-state index in [2.05, 4.69) is 43.9 Å². The van der Waals surface area contributed by atoms with Crippen LogP contribution in [-0.2, 0) is 4.79 Å². The summed E-state index contributed by atoms with van der Waals surface area (Å²) in [6.45, 7) is 12.6. The van der Waals surface area contributed by atoms with Crippen molar-refractivity contribution in [3.05, 3.63) is 58.4 Å². The number of fused-ring (bicyclic) bond motifs is 2. The fourth-order valence-electron chi connectivity index (χ4n) is 2.78. The summed E-state index contributed by atoms with van der Waals surface area (Å²) >= 11 is 0. The molecule has 0 fully saturated rings. The van der Waals surface area contributed by atoms with Crippen molar-refractivity contribution in [3.8, 4) is 0 Å². The normalized spacial score (nSPS) is 17.7. The van der Waals surface area contributed by atoms with Gasteiger partial charge in [0.2, 0.25) is 0 Å². The second kappa shape index (κ2) is 6.65. The Morgan fingerprint density at radius 1 is 1.14 bits per heavy atom. The van der Waals surface area contributed by atoms with Gasteiger partial charge in [0, 0.05) is 18.7 Å². The molecule has 0 aromatic rings. The molecule has 2 nitrogen and oxygen atoms in total. The molecule has 2 rings (SSSR count). The number of amides is 1. The Bertz CT molecular complexity index is 608. The van der Waals surface area contributed by atoms with E-state index in [1.807, 2.05) is 30.9 Å². The van der Waals surface area contributed by atoms with Gasteiger partial charge in [0.15, 0.2) is 0 Å². The fourth-order valence-corrected chi connectivity index (χ4v) is 3.97. The summed E-state index contributed by atoms with van der Waals surface area (Å²) in [4.78, 5) is 14.7. The number of likely N-dealkylation sites (N-methyl/N-ethyl adjacent to an activating group) is 1. The molecular weight excluding hydrogens is 286 g/mol. The average Bonchev–Trinajstić information content (AvgIpc) is 2.79. The lowest BCUT2D eigenvalue weighted by Gasteiger charge is -2.23. The van der Waals surface area contributed by atoms with Crippen molar-refractivity contribution in [2.45, 2.75) is 39.9 Å². The van der Waals surface area contributed by atoms with Crippen molar-refractivity contribution in [1.29, 1.82) is 0 Å². The molecule has 0 N–H and O–H groups in total. The van der Waals surface area contributed by atoms with Crippen LogP contribution in [-0.4, -0.2) is 32.0 Å². The molecule has 0 atom stereocenters. The lowest BCUT2D eigenvalue weighted by molar-refractivity contribution is -0.126. The van der Waals surface area contributed by atoms with Gasteiger partial charge < -0.3 is 4.90 Å². The monoisotopic (exact) mass is 313 g/mol. The summed E-state index contributed by atoms with van der Waals surface area (Å²) < 4.78 is 0. The van der Waals surface area contributed by atoms with Gasteiger partial charge in [-0.2, -0.15) is 0 Å². The number of carbonyl (C=O) groups excluding carboxylic acids is 1. The van der Waals surface area contributed by atoms with E-state index in [-0.39, 0.29) is 5.91 Å². The van der Waals surface area contributed by atoms with E-state index < -0.39 is 8.07 Å². The first-order chi connectivity index (χ1) is 10.4. The highest BCUT2D eigenvalue weighted by molar-refractivity contribution is 6.83. The first kappa shape index (κ1) is 16.8. The lowest BCUT2D eigenvalue weighted by atomic mass is 9.99. The Balaban J connectivity index is 2.46. The summed E-state index contributed by atoms with van der Waals surface area (Å²) in [7, 11) is -1.41. The van der Waals surface area contributed by atoms with Gasteiger partial charge in [-0.05, 0) is 37.5 Å². The van der Waals surface area contributed by atoms with E-state index >= 15 is 0 Å². The first-order valence-electron chi connectivity index (χ1n) is 8.16. The topological polar surface area (TPSA) is 20.3 Å². The number of carbonyl (C=O) groups is 1. The van der Waals surface area contributed by atoms with Crippen molar-refractivity contribution >= 4 is 14.0 Å². The maximum Gasteiger partial charge on any atom is 0.254 e. The molecule has 2 aliphatic rings. The van der Waals surface area contributed by atoms with Crippen molar-refractivity contribution in [2.75, 3.05) is 13.1 Å². The predicted octanol–water partition coefficient (Wildman–Crippen LogP) is 4.41. The minimum Gasteiger partial charge on any atom is -0.339 e. The van der Waals surface area contributed by atoms with Gasteiger partial charge >= 0.3 is 0 Å². The zero-order valence-corrected chi connectivity index (χ0v) is 15.4. The summed E-state index contributed by atoms with van der Waals surface area (Å²) in [5, 5.41) is 1.41. The molecule has 0 unspecified atom stereocenters. The lowest BCUT2D eigenvalue weighted by Crippen LogP contribution is -2.32. The highest BCUT2D eigenvalue weighted by Gasteiger charge is 2.25. The number of hydrogen-bond acceptors (Lipinski definition) is 1.